The molecular weight excluding hydrogens is 234 g/mol. The molecule has 2 unspecified atom stereocenters. The number of nitrogens with one attached hydrogen (secondary N) is 1. The predicted molar refractivity (Wildman–Crippen MR) is 78.1 cm³/mol. The summed E-state index contributed by atoms with van der Waals surface area (Å²) in [7, 11) is 0. The fourth-order valence-electron chi connectivity index (χ4n) is 3.08. The average molecular weight is 259 g/mol. The normalized spacial score (nSPS) is 25.2. The molecule has 2 nitrogen and oxygen atoms in total. The first kappa shape index (κ1) is 13.1. The number of hydrogen-bond donors (Lipinski definition) is 1. The second-order valence-electron chi connectivity index (χ2n) is 5.96. The maximum atomic E-state index is 5.80. The summed E-state index contributed by atoms with van der Waals surface area (Å²) in [6.07, 6.45) is 8.27. The van der Waals surface area contributed by atoms with Gasteiger partial charge in [-0.15, -0.1) is 0 Å². The smallest absolute Gasteiger partial charge is 0.0587 e. The second-order valence-corrected chi connectivity index (χ2v) is 5.96. The standard InChI is InChI=1S/C17H25NO/c1-2-6-14(7-3-1)17(15-9-10-15)18-12-11-16-8-4-5-13-19-16/h1-3,6-7,15-18H,4-5,8-13H2. The van der Waals surface area contributed by atoms with E-state index >= 15 is 0 Å². The van der Waals surface area contributed by atoms with E-state index in [1.165, 1.54) is 37.7 Å². The summed E-state index contributed by atoms with van der Waals surface area (Å²) in [4.78, 5) is 0. The molecule has 1 aromatic carbocycles. The van der Waals surface area contributed by atoms with Crippen molar-refractivity contribution in [3.8, 4) is 0 Å². The molecule has 2 atom stereocenters. The van der Waals surface area contributed by atoms with Crippen molar-refractivity contribution in [3.63, 3.8) is 0 Å². The molecule has 1 heterocycles. The molecule has 1 aliphatic heterocycles. The van der Waals surface area contributed by atoms with Gasteiger partial charge in [0.05, 0.1) is 6.10 Å². The van der Waals surface area contributed by atoms with Gasteiger partial charge in [0.1, 0.15) is 0 Å². The molecule has 1 N–H and O–H groups in total. The van der Waals surface area contributed by atoms with Crippen LogP contribution in [0.2, 0.25) is 0 Å². The summed E-state index contributed by atoms with van der Waals surface area (Å²) in [5.74, 6) is 0.856. The third kappa shape index (κ3) is 3.80. The maximum absolute atomic E-state index is 5.80. The Morgan fingerprint density at radius 3 is 2.63 bits per heavy atom. The summed E-state index contributed by atoms with van der Waals surface area (Å²) >= 11 is 0. The number of benzene rings is 1. The average Bonchev–Trinajstić information content (AvgIpc) is 3.30. The third-order valence-electron chi connectivity index (χ3n) is 4.36. The van der Waals surface area contributed by atoms with Gasteiger partial charge < -0.3 is 10.1 Å². The fraction of sp³-hybridized carbons (Fsp3) is 0.647. The molecule has 0 amide bonds. The highest BCUT2D eigenvalue weighted by atomic mass is 16.5. The molecule has 2 fully saturated rings. The van der Waals surface area contributed by atoms with E-state index in [1.807, 2.05) is 0 Å². The quantitative estimate of drug-likeness (QED) is 0.841. The molecule has 104 valence electrons. The van der Waals surface area contributed by atoms with Crippen molar-refractivity contribution in [1.29, 1.82) is 0 Å². The van der Waals surface area contributed by atoms with Crippen LogP contribution in [0.15, 0.2) is 30.3 Å². The van der Waals surface area contributed by atoms with Crippen LogP contribution in [0.5, 0.6) is 0 Å². The van der Waals surface area contributed by atoms with E-state index in [-0.39, 0.29) is 0 Å². The molecule has 1 saturated carbocycles. The van der Waals surface area contributed by atoms with Crippen molar-refractivity contribution in [2.45, 2.75) is 50.7 Å². The Bertz CT molecular complexity index is 368. The minimum atomic E-state index is 0.497. The van der Waals surface area contributed by atoms with Gasteiger partial charge in [-0.25, -0.2) is 0 Å². The Labute approximate surface area is 116 Å². The monoisotopic (exact) mass is 259 g/mol. The van der Waals surface area contributed by atoms with Crippen LogP contribution in [0.1, 0.15) is 50.1 Å². The lowest BCUT2D eigenvalue weighted by Crippen LogP contribution is -2.29. The lowest BCUT2D eigenvalue weighted by Gasteiger charge is -2.24. The first-order valence-corrected chi connectivity index (χ1v) is 7.83. The van der Waals surface area contributed by atoms with Gasteiger partial charge in [0.2, 0.25) is 0 Å². The second kappa shape index (κ2) is 6.53. The van der Waals surface area contributed by atoms with Crippen molar-refractivity contribution in [3.05, 3.63) is 35.9 Å². The Morgan fingerprint density at radius 1 is 1.11 bits per heavy atom. The minimum absolute atomic E-state index is 0.497. The Kier molecular flexibility index (Phi) is 4.52. The molecule has 19 heavy (non-hydrogen) atoms. The zero-order valence-electron chi connectivity index (χ0n) is 11.7. The van der Waals surface area contributed by atoms with Crippen LogP contribution in [0.4, 0.5) is 0 Å². The minimum Gasteiger partial charge on any atom is -0.378 e. The number of hydrogen-bond acceptors (Lipinski definition) is 2. The van der Waals surface area contributed by atoms with E-state index in [4.69, 9.17) is 4.74 Å². The molecule has 0 spiro atoms. The highest BCUT2D eigenvalue weighted by Gasteiger charge is 2.31. The van der Waals surface area contributed by atoms with Crippen LogP contribution in [-0.4, -0.2) is 19.3 Å². The number of rotatable bonds is 6. The van der Waals surface area contributed by atoms with Crippen molar-refractivity contribution < 1.29 is 4.74 Å². The third-order valence-corrected chi connectivity index (χ3v) is 4.36. The van der Waals surface area contributed by atoms with Gasteiger partial charge in [0.25, 0.3) is 0 Å². The van der Waals surface area contributed by atoms with Crippen molar-refractivity contribution in [2.75, 3.05) is 13.2 Å². The van der Waals surface area contributed by atoms with Gasteiger partial charge in [-0.05, 0) is 56.6 Å². The highest BCUT2D eigenvalue weighted by Crippen LogP contribution is 2.40. The lowest BCUT2D eigenvalue weighted by atomic mass is 10.0. The van der Waals surface area contributed by atoms with E-state index in [9.17, 15) is 0 Å². The molecule has 2 heteroatoms. The van der Waals surface area contributed by atoms with Crippen molar-refractivity contribution >= 4 is 0 Å². The summed E-state index contributed by atoms with van der Waals surface area (Å²) < 4.78 is 5.80. The van der Waals surface area contributed by atoms with E-state index in [2.05, 4.69) is 35.6 Å². The zero-order valence-corrected chi connectivity index (χ0v) is 11.7. The molecule has 0 radical (unpaired) electrons. The molecule has 2 aliphatic rings. The van der Waals surface area contributed by atoms with Gasteiger partial charge in [-0.2, -0.15) is 0 Å². The molecule has 3 rings (SSSR count). The topological polar surface area (TPSA) is 21.3 Å². The largest absolute Gasteiger partial charge is 0.378 e. The van der Waals surface area contributed by atoms with Crippen LogP contribution in [-0.2, 0) is 4.74 Å². The first-order valence-electron chi connectivity index (χ1n) is 7.83. The zero-order chi connectivity index (χ0) is 12.9. The van der Waals surface area contributed by atoms with Gasteiger partial charge in [0, 0.05) is 12.6 Å². The van der Waals surface area contributed by atoms with Crippen LogP contribution in [0.25, 0.3) is 0 Å². The summed E-state index contributed by atoms with van der Waals surface area (Å²) in [5, 5.41) is 3.77. The van der Waals surface area contributed by atoms with E-state index in [0.29, 0.717) is 12.1 Å². The molecule has 0 aromatic heterocycles. The SMILES string of the molecule is c1ccc(C(NCCC2CCCCO2)C2CC2)cc1. The molecular formula is C17H25NO. The molecule has 1 aromatic rings. The first-order chi connectivity index (χ1) is 9.43. The van der Waals surface area contributed by atoms with Gasteiger partial charge >= 0.3 is 0 Å². The molecule has 1 saturated heterocycles. The van der Waals surface area contributed by atoms with Crippen molar-refractivity contribution in [2.24, 2.45) is 5.92 Å². The highest BCUT2D eigenvalue weighted by molar-refractivity contribution is 5.21. The molecule has 0 bridgehead atoms. The van der Waals surface area contributed by atoms with E-state index < -0.39 is 0 Å². The predicted octanol–water partition coefficient (Wildman–Crippen LogP) is 3.69. The summed E-state index contributed by atoms with van der Waals surface area (Å²) in [6, 6.07) is 11.5. The van der Waals surface area contributed by atoms with Crippen LogP contribution in [0, 0.1) is 5.92 Å². The van der Waals surface area contributed by atoms with Gasteiger partial charge in [0.15, 0.2) is 0 Å². The van der Waals surface area contributed by atoms with Gasteiger partial charge in [-0.1, -0.05) is 30.3 Å². The van der Waals surface area contributed by atoms with Gasteiger partial charge in [-0.3, -0.25) is 0 Å². The lowest BCUT2D eigenvalue weighted by molar-refractivity contribution is 0.0111. The van der Waals surface area contributed by atoms with Crippen molar-refractivity contribution in [1.82, 2.24) is 5.32 Å². The summed E-state index contributed by atoms with van der Waals surface area (Å²) in [6.45, 7) is 2.05. The van der Waals surface area contributed by atoms with Crippen LogP contribution < -0.4 is 5.32 Å². The Morgan fingerprint density at radius 2 is 1.95 bits per heavy atom. The van der Waals surface area contributed by atoms with E-state index in [0.717, 1.165) is 25.5 Å². The Balaban J connectivity index is 1.48. The Hall–Kier alpha value is -0.860. The molecule has 1 aliphatic carbocycles. The van der Waals surface area contributed by atoms with Crippen LogP contribution >= 0.6 is 0 Å². The maximum Gasteiger partial charge on any atom is 0.0587 e. The van der Waals surface area contributed by atoms with Crippen LogP contribution in [0.3, 0.4) is 0 Å². The van der Waals surface area contributed by atoms with E-state index in [1.54, 1.807) is 0 Å². The number of ether oxygens (including phenoxy) is 1. The fourth-order valence-corrected chi connectivity index (χ4v) is 3.08. The summed E-state index contributed by atoms with van der Waals surface area (Å²) in [5.41, 5.74) is 1.45.